The Labute approximate surface area is 189 Å². The maximum Gasteiger partial charge on any atom is 0.237 e. The molecule has 0 aliphatic heterocycles. The van der Waals surface area contributed by atoms with Crippen LogP contribution in [0.15, 0.2) is 42.5 Å². The molecule has 0 aromatic heterocycles. The number of benzene rings is 2. The van der Waals surface area contributed by atoms with Crippen LogP contribution in [-0.2, 0) is 24.2 Å². The average molecular weight is 448 g/mol. The number of amides is 1. The van der Waals surface area contributed by atoms with Crippen molar-refractivity contribution in [1.82, 2.24) is 10.6 Å². The largest absolute Gasteiger partial charge is 0.390 e. The molecule has 0 aliphatic rings. The van der Waals surface area contributed by atoms with E-state index in [0.717, 1.165) is 30.9 Å². The number of carbonyl (C=O) groups excluding carboxylic acids is 1. The van der Waals surface area contributed by atoms with Crippen LogP contribution in [0.3, 0.4) is 0 Å². The number of hydrogen-bond donors (Lipinski definition) is 4. The number of aryl methyl sites for hydroxylation is 1. The smallest absolute Gasteiger partial charge is 0.237 e. The molecule has 0 radical (unpaired) electrons. The van der Waals surface area contributed by atoms with Gasteiger partial charge in [0.2, 0.25) is 5.91 Å². The lowest BCUT2D eigenvalue weighted by molar-refractivity contribution is -0.124. The van der Waals surface area contributed by atoms with Gasteiger partial charge in [-0.15, -0.1) is 0 Å². The first kappa shape index (κ1) is 25.9. The van der Waals surface area contributed by atoms with Crippen molar-refractivity contribution in [2.45, 2.75) is 70.7 Å². The summed E-state index contributed by atoms with van der Waals surface area (Å²) < 4.78 is 27.3. The second kappa shape index (κ2) is 13.3. The Balaban J connectivity index is 2.04. The molecule has 2 aromatic rings. The molecule has 3 atom stereocenters. The van der Waals surface area contributed by atoms with Crippen LogP contribution in [0.1, 0.15) is 49.8 Å². The molecular formula is C25H35F2N3O2. The molecule has 0 unspecified atom stereocenters. The molecule has 0 saturated carbocycles. The number of nitrogens with two attached hydrogens (primary N) is 1. The van der Waals surface area contributed by atoms with Crippen LogP contribution >= 0.6 is 0 Å². The van der Waals surface area contributed by atoms with Crippen LogP contribution in [-0.4, -0.2) is 35.7 Å². The van der Waals surface area contributed by atoms with Gasteiger partial charge in [-0.25, -0.2) is 8.78 Å². The predicted octanol–water partition coefficient (Wildman–Crippen LogP) is 3.22. The van der Waals surface area contributed by atoms with Gasteiger partial charge in [-0.1, -0.05) is 51.0 Å². The van der Waals surface area contributed by atoms with E-state index in [1.807, 2.05) is 19.1 Å². The quantitative estimate of drug-likeness (QED) is 0.380. The van der Waals surface area contributed by atoms with E-state index in [2.05, 4.69) is 29.7 Å². The summed E-state index contributed by atoms with van der Waals surface area (Å²) in [7, 11) is 0. The molecule has 0 saturated heterocycles. The van der Waals surface area contributed by atoms with Gasteiger partial charge in [0.05, 0.1) is 18.2 Å². The van der Waals surface area contributed by atoms with E-state index in [0.29, 0.717) is 18.5 Å². The second-order valence-corrected chi connectivity index (χ2v) is 8.22. The van der Waals surface area contributed by atoms with Crippen molar-refractivity contribution in [1.29, 1.82) is 0 Å². The minimum absolute atomic E-state index is 0.0785. The minimum Gasteiger partial charge on any atom is -0.390 e. The standard InChI is InChI=1S/C25H35F2N3O2/c1-3-5-9-22(28)25(32)30-23(13-19-11-20(26)14-21(27)12-19)24(31)16-29-15-18-8-6-7-17(4-2)10-18/h6-8,10-12,14,22-24,29,31H,3-5,9,13,15-16,28H2,1-2H3,(H,30,32)/t22-,23+,24-/m0/s1. The summed E-state index contributed by atoms with van der Waals surface area (Å²) in [6, 6.07) is 9.91. The van der Waals surface area contributed by atoms with E-state index < -0.39 is 29.8 Å². The van der Waals surface area contributed by atoms with Gasteiger partial charge in [-0.3, -0.25) is 4.79 Å². The molecule has 5 N–H and O–H groups in total. The Kier molecular flexibility index (Phi) is 10.7. The van der Waals surface area contributed by atoms with Crippen LogP contribution in [0.25, 0.3) is 0 Å². The molecule has 5 nitrogen and oxygen atoms in total. The summed E-state index contributed by atoms with van der Waals surface area (Å²) in [5, 5.41) is 16.8. The lowest BCUT2D eigenvalue weighted by atomic mass is 9.99. The zero-order valence-corrected chi connectivity index (χ0v) is 18.9. The van der Waals surface area contributed by atoms with Gasteiger partial charge in [-0.2, -0.15) is 0 Å². The van der Waals surface area contributed by atoms with E-state index in [4.69, 9.17) is 5.73 Å². The SMILES string of the molecule is CCCC[C@H](N)C(=O)N[C@H](Cc1cc(F)cc(F)c1)[C@@H](O)CNCc1cccc(CC)c1. The maximum absolute atomic E-state index is 13.6. The Morgan fingerprint density at radius 2 is 1.75 bits per heavy atom. The van der Waals surface area contributed by atoms with Gasteiger partial charge in [0.1, 0.15) is 11.6 Å². The number of aliphatic hydroxyl groups excluding tert-OH is 1. The number of aliphatic hydroxyl groups is 1. The third-order valence-electron chi connectivity index (χ3n) is 5.46. The third kappa shape index (κ3) is 8.65. The van der Waals surface area contributed by atoms with Crippen molar-refractivity contribution in [3.05, 3.63) is 70.8 Å². The number of hydrogen-bond acceptors (Lipinski definition) is 4. The van der Waals surface area contributed by atoms with Gasteiger partial charge < -0.3 is 21.5 Å². The van der Waals surface area contributed by atoms with Crippen LogP contribution in [0.2, 0.25) is 0 Å². The highest BCUT2D eigenvalue weighted by atomic mass is 19.1. The number of nitrogens with one attached hydrogen (secondary N) is 2. The Morgan fingerprint density at radius 3 is 2.41 bits per heavy atom. The fourth-order valence-electron chi connectivity index (χ4n) is 3.58. The van der Waals surface area contributed by atoms with Crippen molar-refractivity contribution in [2.24, 2.45) is 5.73 Å². The van der Waals surface area contributed by atoms with Gasteiger partial charge in [-0.05, 0) is 48.1 Å². The Morgan fingerprint density at radius 1 is 1.06 bits per heavy atom. The fraction of sp³-hybridized carbons (Fsp3) is 0.480. The fourth-order valence-corrected chi connectivity index (χ4v) is 3.58. The van der Waals surface area contributed by atoms with E-state index in [9.17, 15) is 18.7 Å². The van der Waals surface area contributed by atoms with Crippen LogP contribution in [0, 0.1) is 11.6 Å². The summed E-state index contributed by atoms with van der Waals surface area (Å²) in [5.74, 6) is -1.78. The van der Waals surface area contributed by atoms with E-state index >= 15 is 0 Å². The highest BCUT2D eigenvalue weighted by Gasteiger charge is 2.24. The molecular weight excluding hydrogens is 412 g/mol. The summed E-state index contributed by atoms with van der Waals surface area (Å²) in [5.41, 5.74) is 8.63. The van der Waals surface area contributed by atoms with E-state index in [1.165, 1.54) is 17.7 Å². The van der Waals surface area contributed by atoms with Gasteiger partial charge >= 0.3 is 0 Å². The monoisotopic (exact) mass is 447 g/mol. The van der Waals surface area contributed by atoms with Crippen molar-refractivity contribution >= 4 is 5.91 Å². The molecule has 176 valence electrons. The molecule has 2 rings (SSSR count). The molecule has 0 fully saturated rings. The Hall–Kier alpha value is -2.35. The van der Waals surface area contributed by atoms with Gasteiger partial charge in [0, 0.05) is 19.2 Å². The molecule has 0 heterocycles. The third-order valence-corrected chi connectivity index (χ3v) is 5.46. The number of carbonyl (C=O) groups is 1. The predicted molar refractivity (Wildman–Crippen MR) is 123 cm³/mol. The normalized spacial score (nSPS) is 14.1. The van der Waals surface area contributed by atoms with Crippen molar-refractivity contribution in [3.63, 3.8) is 0 Å². The molecule has 32 heavy (non-hydrogen) atoms. The van der Waals surface area contributed by atoms with Crippen LogP contribution in [0.5, 0.6) is 0 Å². The van der Waals surface area contributed by atoms with Crippen molar-refractivity contribution in [2.75, 3.05) is 6.54 Å². The van der Waals surface area contributed by atoms with Gasteiger partial charge in [0.15, 0.2) is 0 Å². The average Bonchev–Trinajstić information content (AvgIpc) is 2.76. The first-order valence-corrected chi connectivity index (χ1v) is 11.3. The number of rotatable bonds is 13. The topological polar surface area (TPSA) is 87.4 Å². The first-order valence-electron chi connectivity index (χ1n) is 11.3. The van der Waals surface area contributed by atoms with Crippen LogP contribution in [0.4, 0.5) is 8.78 Å². The van der Waals surface area contributed by atoms with Crippen LogP contribution < -0.4 is 16.4 Å². The number of unbranched alkanes of at least 4 members (excludes halogenated alkanes) is 1. The molecule has 0 bridgehead atoms. The highest BCUT2D eigenvalue weighted by Crippen LogP contribution is 2.13. The van der Waals surface area contributed by atoms with Crippen molar-refractivity contribution < 1.29 is 18.7 Å². The maximum atomic E-state index is 13.6. The van der Waals surface area contributed by atoms with E-state index in [1.54, 1.807) is 0 Å². The lowest BCUT2D eigenvalue weighted by Crippen LogP contribution is -2.53. The number of halogens is 2. The lowest BCUT2D eigenvalue weighted by Gasteiger charge is -2.26. The first-order chi connectivity index (χ1) is 15.3. The summed E-state index contributed by atoms with van der Waals surface area (Å²) in [6.07, 6.45) is 2.31. The second-order valence-electron chi connectivity index (χ2n) is 8.22. The molecule has 0 aliphatic carbocycles. The van der Waals surface area contributed by atoms with Crippen molar-refractivity contribution in [3.8, 4) is 0 Å². The zero-order valence-electron chi connectivity index (χ0n) is 18.9. The summed E-state index contributed by atoms with van der Waals surface area (Å²) in [6.45, 7) is 4.85. The zero-order chi connectivity index (χ0) is 23.5. The van der Waals surface area contributed by atoms with E-state index in [-0.39, 0.29) is 18.9 Å². The Bertz CT molecular complexity index is 843. The molecule has 2 aromatic carbocycles. The molecule has 0 spiro atoms. The molecule has 7 heteroatoms. The van der Waals surface area contributed by atoms with Gasteiger partial charge in [0.25, 0.3) is 0 Å². The minimum atomic E-state index is -0.974. The summed E-state index contributed by atoms with van der Waals surface area (Å²) in [4.78, 5) is 12.5. The highest BCUT2D eigenvalue weighted by molar-refractivity contribution is 5.81. The molecule has 1 amide bonds. The summed E-state index contributed by atoms with van der Waals surface area (Å²) >= 11 is 0.